The molecule has 0 aliphatic heterocycles. The van der Waals surface area contributed by atoms with E-state index in [1.54, 1.807) is 52.0 Å². The van der Waals surface area contributed by atoms with Gasteiger partial charge < -0.3 is 9.47 Å². The average Bonchev–Trinajstić information content (AvgIpc) is 2.43. The van der Waals surface area contributed by atoms with Crippen LogP contribution in [0.15, 0.2) is 28.7 Å². The van der Waals surface area contributed by atoms with Gasteiger partial charge in [-0.2, -0.15) is 0 Å². The Kier molecular flexibility index (Phi) is 7.42. The summed E-state index contributed by atoms with van der Waals surface area (Å²) in [5, 5.41) is 0. The second kappa shape index (κ2) is 8.82. The highest BCUT2D eigenvalue weighted by Crippen LogP contribution is 2.24. The monoisotopic (exact) mass is 384 g/mol. The maximum atomic E-state index is 12.4. The SMILES string of the molecule is CC(C)OC(=O)CC(C(=O)C(=O)OC(C)C)c1ccc(Br)cc1. The van der Waals surface area contributed by atoms with Gasteiger partial charge in [0.05, 0.1) is 24.5 Å². The molecule has 0 aliphatic rings. The van der Waals surface area contributed by atoms with Crippen LogP contribution in [0.1, 0.15) is 45.6 Å². The highest BCUT2D eigenvalue weighted by Gasteiger charge is 2.31. The molecule has 0 amide bonds. The van der Waals surface area contributed by atoms with Gasteiger partial charge in [-0.05, 0) is 45.4 Å². The normalized spacial score (nSPS) is 12.1. The molecule has 0 aromatic heterocycles. The number of carbonyl (C=O) groups is 3. The van der Waals surface area contributed by atoms with Crippen LogP contribution in [0.25, 0.3) is 0 Å². The molecule has 0 N–H and O–H groups in total. The minimum atomic E-state index is -0.940. The first-order valence-corrected chi connectivity index (χ1v) is 8.19. The van der Waals surface area contributed by atoms with Crippen LogP contribution in [0.2, 0.25) is 0 Å². The lowest BCUT2D eigenvalue weighted by atomic mass is 9.91. The quantitative estimate of drug-likeness (QED) is 0.532. The summed E-state index contributed by atoms with van der Waals surface area (Å²) in [6, 6.07) is 6.88. The third-order valence-electron chi connectivity index (χ3n) is 2.87. The topological polar surface area (TPSA) is 69.7 Å². The predicted molar refractivity (Wildman–Crippen MR) is 89.0 cm³/mol. The van der Waals surface area contributed by atoms with Crippen LogP contribution in [0.5, 0.6) is 0 Å². The van der Waals surface area contributed by atoms with E-state index < -0.39 is 29.7 Å². The molecule has 1 rings (SSSR count). The lowest BCUT2D eigenvalue weighted by Gasteiger charge is -2.17. The van der Waals surface area contributed by atoms with Crippen LogP contribution in [-0.4, -0.2) is 29.9 Å². The fourth-order valence-corrected chi connectivity index (χ4v) is 2.21. The van der Waals surface area contributed by atoms with E-state index in [2.05, 4.69) is 15.9 Å². The van der Waals surface area contributed by atoms with Gasteiger partial charge in [0, 0.05) is 4.47 Å². The summed E-state index contributed by atoms with van der Waals surface area (Å²) in [7, 11) is 0. The Bertz CT molecular complexity index is 563. The number of Topliss-reactive ketones (excluding diaryl/α,β-unsaturated/α-hetero) is 1. The number of hydrogen-bond acceptors (Lipinski definition) is 5. The third-order valence-corrected chi connectivity index (χ3v) is 3.40. The molecule has 0 fully saturated rings. The van der Waals surface area contributed by atoms with E-state index in [9.17, 15) is 14.4 Å². The number of carbonyl (C=O) groups excluding carboxylic acids is 3. The fraction of sp³-hybridized carbons (Fsp3) is 0.471. The Morgan fingerprint density at radius 1 is 0.957 bits per heavy atom. The molecule has 23 heavy (non-hydrogen) atoms. The molecule has 126 valence electrons. The van der Waals surface area contributed by atoms with Crippen LogP contribution in [0, 0.1) is 0 Å². The number of ketones is 1. The number of esters is 2. The minimum Gasteiger partial charge on any atom is -0.463 e. The molecular weight excluding hydrogens is 364 g/mol. The number of benzene rings is 1. The van der Waals surface area contributed by atoms with Gasteiger partial charge in [-0.15, -0.1) is 0 Å². The molecule has 0 spiro atoms. The van der Waals surface area contributed by atoms with E-state index in [-0.39, 0.29) is 12.5 Å². The van der Waals surface area contributed by atoms with Gasteiger partial charge in [-0.3, -0.25) is 9.59 Å². The Hall–Kier alpha value is -1.69. The molecule has 0 bridgehead atoms. The lowest BCUT2D eigenvalue weighted by Crippen LogP contribution is -2.29. The Morgan fingerprint density at radius 2 is 1.48 bits per heavy atom. The van der Waals surface area contributed by atoms with Gasteiger partial charge in [-0.1, -0.05) is 28.1 Å². The fourth-order valence-electron chi connectivity index (χ4n) is 1.95. The highest BCUT2D eigenvalue weighted by molar-refractivity contribution is 9.10. The van der Waals surface area contributed by atoms with Crippen molar-refractivity contribution in [2.45, 2.75) is 52.2 Å². The van der Waals surface area contributed by atoms with Crippen LogP contribution >= 0.6 is 15.9 Å². The first kappa shape index (κ1) is 19.4. The van der Waals surface area contributed by atoms with Gasteiger partial charge in [0.15, 0.2) is 0 Å². The third kappa shape index (κ3) is 6.52. The summed E-state index contributed by atoms with van der Waals surface area (Å²) in [6.07, 6.45) is -0.892. The first-order chi connectivity index (χ1) is 10.7. The second-order valence-corrected chi connectivity index (χ2v) is 6.58. The minimum absolute atomic E-state index is 0.203. The zero-order chi connectivity index (χ0) is 17.6. The summed E-state index contributed by atoms with van der Waals surface area (Å²) in [5.74, 6) is -3.13. The summed E-state index contributed by atoms with van der Waals surface area (Å²) in [5.41, 5.74) is 0.569. The first-order valence-electron chi connectivity index (χ1n) is 7.40. The highest BCUT2D eigenvalue weighted by atomic mass is 79.9. The predicted octanol–water partition coefficient (Wildman–Crippen LogP) is 3.40. The number of ether oxygens (including phenoxy) is 2. The molecule has 1 aromatic carbocycles. The van der Waals surface area contributed by atoms with E-state index in [1.807, 2.05) is 0 Å². The standard InChI is InChI=1S/C17H21BrO5/c1-10(2)22-15(19)9-14(12-5-7-13(18)8-6-12)16(20)17(21)23-11(3)4/h5-8,10-11,14H,9H2,1-4H3. The molecule has 1 aromatic rings. The van der Waals surface area contributed by atoms with E-state index in [4.69, 9.17) is 9.47 Å². The van der Waals surface area contributed by atoms with Gasteiger partial charge in [-0.25, -0.2) is 4.79 Å². The number of hydrogen-bond donors (Lipinski definition) is 0. The summed E-state index contributed by atoms with van der Waals surface area (Å²) in [6.45, 7) is 6.77. The molecule has 5 nitrogen and oxygen atoms in total. The Morgan fingerprint density at radius 3 is 1.96 bits per heavy atom. The summed E-state index contributed by atoms with van der Waals surface area (Å²) >= 11 is 3.31. The van der Waals surface area contributed by atoms with Gasteiger partial charge >= 0.3 is 11.9 Å². The summed E-state index contributed by atoms with van der Waals surface area (Å²) < 4.78 is 10.9. The number of rotatable bonds is 7. The molecule has 6 heteroatoms. The molecule has 0 radical (unpaired) electrons. The average molecular weight is 385 g/mol. The maximum Gasteiger partial charge on any atom is 0.375 e. The number of halogens is 1. The summed E-state index contributed by atoms with van der Waals surface area (Å²) in [4.78, 5) is 36.2. The largest absolute Gasteiger partial charge is 0.463 e. The second-order valence-electron chi connectivity index (χ2n) is 5.67. The lowest BCUT2D eigenvalue weighted by molar-refractivity contribution is -0.158. The maximum absolute atomic E-state index is 12.4. The zero-order valence-electron chi connectivity index (χ0n) is 13.7. The van der Waals surface area contributed by atoms with Crippen molar-refractivity contribution in [3.63, 3.8) is 0 Å². The van der Waals surface area contributed by atoms with E-state index in [0.717, 1.165) is 4.47 Å². The van der Waals surface area contributed by atoms with Crippen LogP contribution in [0.4, 0.5) is 0 Å². The van der Waals surface area contributed by atoms with Crippen LogP contribution in [0.3, 0.4) is 0 Å². The van der Waals surface area contributed by atoms with E-state index in [1.165, 1.54) is 0 Å². The Labute approximate surface area is 144 Å². The van der Waals surface area contributed by atoms with Crippen molar-refractivity contribution in [3.8, 4) is 0 Å². The van der Waals surface area contributed by atoms with Crippen molar-refractivity contribution in [1.82, 2.24) is 0 Å². The molecular formula is C17H21BrO5. The molecule has 0 saturated carbocycles. The van der Waals surface area contributed by atoms with Crippen molar-refractivity contribution in [2.24, 2.45) is 0 Å². The molecule has 0 aliphatic carbocycles. The van der Waals surface area contributed by atoms with Gasteiger partial charge in [0.2, 0.25) is 5.78 Å². The van der Waals surface area contributed by atoms with Crippen molar-refractivity contribution >= 4 is 33.7 Å². The van der Waals surface area contributed by atoms with E-state index in [0.29, 0.717) is 5.56 Å². The van der Waals surface area contributed by atoms with Crippen molar-refractivity contribution in [2.75, 3.05) is 0 Å². The van der Waals surface area contributed by atoms with Crippen molar-refractivity contribution in [3.05, 3.63) is 34.3 Å². The van der Waals surface area contributed by atoms with Gasteiger partial charge in [0.25, 0.3) is 0 Å². The molecule has 1 atom stereocenters. The zero-order valence-corrected chi connectivity index (χ0v) is 15.3. The van der Waals surface area contributed by atoms with E-state index >= 15 is 0 Å². The Balaban J connectivity index is 3.00. The van der Waals surface area contributed by atoms with Crippen molar-refractivity contribution < 1.29 is 23.9 Å². The van der Waals surface area contributed by atoms with Crippen LogP contribution in [-0.2, 0) is 23.9 Å². The molecule has 0 heterocycles. The van der Waals surface area contributed by atoms with Gasteiger partial charge in [0.1, 0.15) is 0 Å². The van der Waals surface area contributed by atoms with Crippen LogP contribution < -0.4 is 0 Å². The smallest absolute Gasteiger partial charge is 0.375 e. The molecule has 0 saturated heterocycles. The van der Waals surface area contributed by atoms with Crippen molar-refractivity contribution in [1.29, 1.82) is 0 Å². The molecule has 1 unspecified atom stereocenters.